The van der Waals surface area contributed by atoms with Crippen molar-refractivity contribution >= 4 is 16.7 Å². The number of aliphatic carboxylic acids is 1. The molecule has 1 atom stereocenters. The smallest absolute Gasteiger partial charge is 0.339 e. The van der Waals surface area contributed by atoms with Crippen molar-refractivity contribution in [3.05, 3.63) is 62.8 Å². The number of carboxylic acid groups (broad SMARTS) is 1. The monoisotopic (exact) mass is 467 g/mol. The Morgan fingerprint density at radius 2 is 1.91 bits per heavy atom. The highest BCUT2D eigenvalue weighted by atomic mass is 19.1. The van der Waals surface area contributed by atoms with Crippen molar-refractivity contribution in [1.82, 2.24) is 4.57 Å². The van der Waals surface area contributed by atoms with E-state index < -0.39 is 23.5 Å². The van der Waals surface area contributed by atoms with Crippen molar-refractivity contribution < 1.29 is 23.8 Å². The van der Waals surface area contributed by atoms with Gasteiger partial charge in [0.05, 0.1) is 17.9 Å². The molecule has 0 saturated carbocycles. The quantitative estimate of drug-likeness (QED) is 0.569. The van der Waals surface area contributed by atoms with Crippen molar-refractivity contribution in [2.75, 3.05) is 6.61 Å². The van der Waals surface area contributed by atoms with Crippen LogP contribution in [0.4, 0.5) is 4.39 Å². The molecule has 180 valence electrons. The molecule has 4 rings (SSSR count). The van der Waals surface area contributed by atoms with Crippen molar-refractivity contribution in [1.29, 1.82) is 0 Å². The van der Waals surface area contributed by atoms with Crippen LogP contribution in [0.1, 0.15) is 55.7 Å². The molecule has 1 N–H and O–H groups in total. The fourth-order valence-corrected chi connectivity index (χ4v) is 4.73. The number of aryl methyl sites for hydroxylation is 1. The van der Waals surface area contributed by atoms with Crippen molar-refractivity contribution in [2.24, 2.45) is 7.05 Å². The molecular weight excluding hydrogens is 437 g/mol. The molecule has 1 unspecified atom stereocenters. The minimum absolute atomic E-state index is 0.183. The zero-order valence-electron chi connectivity index (χ0n) is 20.4. The van der Waals surface area contributed by atoms with Crippen LogP contribution in [0.5, 0.6) is 5.75 Å². The van der Waals surface area contributed by atoms with Gasteiger partial charge in [0, 0.05) is 23.6 Å². The molecule has 0 radical (unpaired) electrons. The maximum atomic E-state index is 15.3. The predicted octanol–water partition coefficient (Wildman–Crippen LogP) is 5.23. The summed E-state index contributed by atoms with van der Waals surface area (Å²) in [6.45, 7) is 9.50. The van der Waals surface area contributed by atoms with Crippen molar-refractivity contribution in [2.45, 2.75) is 59.2 Å². The number of pyridine rings is 1. The van der Waals surface area contributed by atoms with Crippen LogP contribution in [-0.2, 0) is 23.0 Å². The Bertz CT molecular complexity index is 1370. The third kappa shape index (κ3) is 4.09. The number of carboxylic acids is 1. The van der Waals surface area contributed by atoms with Gasteiger partial charge in [0.1, 0.15) is 0 Å². The number of halogens is 1. The molecule has 1 aliphatic rings. The van der Waals surface area contributed by atoms with E-state index in [4.69, 9.17) is 9.47 Å². The van der Waals surface area contributed by atoms with Gasteiger partial charge in [-0.25, -0.2) is 9.18 Å². The van der Waals surface area contributed by atoms with Crippen LogP contribution in [0.2, 0.25) is 0 Å². The summed E-state index contributed by atoms with van der Waals surface area (Å²) >= 11 is 0. The lowest BCUT2D eigenvalue weighted by molar-refractivity contribution is -0.161. The van der Waals surface area contributed by atoms with Crippen LogP contribution < -0.4 is 10.3 Å². The van der Waals surface area contributed by atoms with Gasteiger partial charge >= 0.3 is 5.97 Å². The second-order valence-electron chi connectivity index (χ2n) is 9.91. The highest BCUT2D eigenvalue weighted by Crippen LogP contribution is 2.42. The lowest BCUT2D eigenvalue weighted by Gasteiger charge is -2.29. The standard InChI is InChI=1S/C27H30FNO5/c1-14-9-10-17-19(12-14)25(30)29(6)22(24(26(31)32)34-27(3,4)5)21(17)18-13-20(28)23-16(15(18)2)8-7-11-33-23/h9-10,12-13,24H,7-8,11H2,1-6H3,(H,31,32). The van der Waals surface area contributed by atoms with Crippen LogP contribution in [-0.4, -0.2) is 27.9 Å². The van der Waals surface area contributed by atoms with Gasteiger partial charge in [-0.3, -0.25) is 4.79 Å². The highest BCUT2D eigenvalue weighted by Gasteiger charge is 2.34. The molecule has 34 heavy (non-hydrogen) atoms. The molecule has 0 aliphatic carbocycles. The van der Waals surface area contributed by atoms with Crippen LogP contribution in [0.25, 0.3) is 21.9 Å². The summed E-state index contributed by atoms with van der Waals surface area (Å²) in [4.78, 5) is 25.8. The van der Waals surface area contributed by atoms with E-state index in [1.165, 1.54) is 17.7 Å². The molecule has 0 saturated heterocycles. The van der Waals surface area contributed by atoms with E-state index in [0.717, 1.165) is 23.1 Å². The maximum absolute atomic E-state index is 15.3. The SMILES string of the molecule is Cc1ccc2c(-c3cc(F)c4c(c3C)CCCO4)c(C(OC(C)(C)C)C(=O)O)n(C)c(=O)c2c1. The Kier molecular flexibility index (Phi) is 6.02. The molecule has 0 spiro atoms. The molecule has 2 heterocycles. The second-order valence-corrected chi connectivity index (χ2v) is 9.91. The lowest BCUT2D eigenvalue weighted by atomic mass is 9.87. The summed E-state index contributed by atoms with van der Waals surface area (Å²) in [6.07, 6.45) is -0.0137. The van der Waals surface area contributed by atoms with Crippen LogP contribution in [0.15, 0.2) is 29.1 Å². The minimum atomic E-state index is -1.44. The lowest BCUT2D eigenvalue weighted by Crippen LogP contribution is -2.33. The number of rotatable bonds is 4. The number of benzene rings is 2. The third-order valence-corrected chi connectivity index (χ3v) is 6.25. The van der Waals surface area contributed by atoms with Gasteiger partial charge in [-0.15, -0.1) is 0 Å². The Hall–Kier alpha value is -3.19. The van der Waals surface area contributed by atoms with Gasteiger partial charge in [-0.1, -0.05) is 17.7 Å². The predicted molar refractivity (Wildman–Crippen MR) is 129 cm³/mol. The molecule has 0 amide bonds. The van der Waals surface area contributed by atoms with Crippen LogP contribution in [0.3, 0.4) is 0 Å². The Morgan fingerprint density at radius 1 is 1.21 bits per heavy atom. The fourth-order valence-electron chi connectivity index (χ4n) is 4.73. The molecule has 2 aromatic carbocycles. The Morgan fingerprint density at radius 3 is 2.56 bits per heavy atom. The topological polar surface area (TPSA) is 77.8 Å². The summed E-state index contributed by atoms with van der Waals surface area (Å²) in [5, 5.41) is 11.2. The number of hydrogen-bond donors (Lipinski definition) is 1. The molecule has 6 nitrogen and oxygen atoms in total. The zero-order chi connectivity index (χ0) is 24.9. The molecule has 3 aromatic rings. The van der Waals surface area contributed by atoms with Crippen LogP contribution in [0, 0.1) is 19.7 Å². The van der Waals surface area contributed by atoms with E-state index in [0.29, 0.717) is 34.9 Å². The molecule has 7 heteroatoms. The number of nitrogens with zero attached hydrogens (tertiary/aromatic N) is 1. The molecule has 1 aliphatic heterocycles. The first kappa shape index (κ1) is 24.0. The molecular formula is C27H30FNO5. The third-order valence-electron chi connectivity index (χ3n) is 6.25. The first-order chi connectivity index (χ1) is 15.9. The van der Waals surface area contributed by atoms with E-state index in [-0.39, 0.29) is 17.0 Å². The summed E-state index contributed by atoms with van der Waals surface area (Å²) in [6, 6.07) is 6.83. The van der Waals surface area contributed by atoms with E-state index in [9.17, 15) is 14.7 Å². The highest BCUT2D eigenvalue weighted by molar-refractivity contribution is 6.00. The first-order valence-corrected chi connectivity index (χ1v) is 11.4. The van der Waals surface area contributed by atoms with E-state index in [1.54, 1.807) is 32.9 Å². The Balaban J connectivity index is 2.18. The summed E-state index contributed by atoms with van der Waals surface area (Å²) in [7, 11) is 1.54. The zero-order valence-corrected chi connectivity index (χ0v) is 20.4. The number of fused-ring (bicyclic) bond motifs is 2. The van der Waals surface area contributed by atoms with Crippen molar-refractivity contribution in [3.63, 3.8) is 0 Å². The van der Waals surface area contributed by atoms with Gasteiger partial charge < -0.3 is 19.1 Å². The van der Waals surface area contributed by atoms with Gasteiger partial charge in [0.2, 0.25) is 0 Å². The summed E-state index contributed by atoms with van der Waals surface area (Å²) in [5.74, 6) is -1.48. The summed E-state index contributed by atoms with van der Waals surface area (Å²) < 4.78 is 28.2. The van der Waals surface area contributed by atoms with Gasteiger partial charge in [-0.2, -0.15) is 0 Å². The second kappa shape index (κ2) is 8.55. The minimum Gasteiger partial charge on any atom is -0.490 e. The number of aromatic nitrogens is 1. The summed E-state index contributed by atoms with van der Waals surface area (Å²) in [5.41, 5.74) is 2.53. The van der Waals surface area contributed by atoms with Gasteiger partial charge in [0.25, 0.3) is 5.56 Å². The maximum Gasteiger partial charge on any atom is 0.339 e. The number of carbonyl (C=O) groups is 1. The van der Waals surface area contributed by atoms with E-state index >= 15 is 4.39 Å². The largest absolute Gasteiger partial charge is 0.490 e. The van der Waals surface area contributed by atoms with E-state index in [2.05, 4.69) is 0 Å². The average Bonchev–Trinajstić information content (AvgIpc) is 2.77. The molecule has 0 fully saturated rings. The van der Waals surface area contributed by atoms with E-state index in [1.807, 2.05) is 19.9 Å². The molecule has 0 bridgehead atoms. The number of hydrogen-bond acceptors (Lipinski definition) is 4. The molecule has 1 aromatic heterocycles. The van der Waals surface area contributed by atoms with Crippen LogP contribution >= 0.6 is 0 Å². The van der Waals surface area contributed by atoms with Crippen molar-refractivity contribution in [3.8, 4) is 16.9 Å². The normalized spacial score (nSPS) is 14.6. The number of ether oxygens (including phenoxy) is 2. The fraction of sp³-hybridized carbons (Fsp3) is 0.407. The first-order valence-electron chi connectivity index (χ1n) is 11.4. The Labute approximate surface area is 197 Å². The van der Waals surface area contributed by atoms with Gasteiger partial charge in [-0.05, 0) is 76.1 Å². The average molecular weight is 468 g/mol. The van der Waals surface area contributed by atoms with Gasteiger partial charge in [0.15, 0.2) is 17.7 Å².